The third-order valence-corrected chi connectivity index (χ3v) is 6.57. The largest absolute Gasteiger partial charge is 0.497 e. The van der Waals surface area contributed by atoms with Gasteiger partial charge in [-0.15, -0.1) is 0 Å². The van der Waals surface area contributed by atoms with Crippen molar-refractivity contribution in [2.75, 3.05) is 17.1 Å². The highest BCUT2D eigenvalue weighted by Gasteiger charge is 2.18. The Hall–Kier alpha value is -2.94. The second-order valence-corrected chi connectivity index (χ2v) is 9.12. The summed E-state index contributed by atoms with van der Waals surface area (Å²) in [4.78, 5) is 12.4. The molecule has 32 heavy (non-hydrogen) atoms. The maximum absolute atomic E-state index is 12.6. The first-order valence-electron chi connectivity index (χ1n) is 9.38. The molecule has 10 heteroatoms. The summed E-state index contributed by atoms with van der Waals surface area (Å²) in [5, 5.41) is 3.02. The van der Waals surface area contributed by atoms with Crippen molar-refractivity contribution in [2.45, 2.75) is 17.9 Å². The van der Waals surface area contributed by atoms with E-state index in [1.807, 2.05) is 0 Å². The van der Waals surface area contributed by atoms with E-state index in [1.54, 1.807) is 50.4 Å². The molecule has 3 rings (SSSR count). The van der Waals surface area contributed by atoms with E-state index in [1.165, 1.54) is 30.3 Å². The molecule has 0 radical (unpaired) electrons. The van der Waals surface area contributed by atoms with Crippen molar-refractivity contribution in [1.82, 2.24) is 0 Å². The Morgan fingerprint density at radius 3 is 2.19 bits per heavy atom. The van der Waals surface area contributed by atoms with Gasteiger partial charge in [-0.1, -0.05) is 29.3 Å². The predicted octanol–water partition coefficient (Wildman–Crippen LogP) is 5.21. The van der Waals surface area contributed by atoms with Gasteiger partial charge >= 0.3 is 0 Å². The fourth-order valence-corrected chi connectivity index (χ4v) is 4.14. The van der Waals surface area contributed by atoms with E-state index in [-0.39, 0.29) is 26.5 Å². The number of nitrogens with one attached hydrogen (secondary N) is 2. The highest BCUT2D eigenvalue weighted by molar-refractivity contribution is 7.92. The summed E-state index contributed by atoms with van der Waals surface area (Å²) < 4.78 is 38.4. The average molecular weight is 495 g/mol. The van der Waals surface area contributed by atoms with Crippen LogP contribution in [0.4, 0.5) is 11.4 Å². The van der Waals surface area contributed by atoms with Crippen LogP contribution < -0.4 is 19.5 Å². The zero-order valence-electron chi connectivity index (χ0n) is 17.1. The standard InChI is InChI=1S/C22H20Cl2N2O5S/c1-14(31-17-10-8-16(30-2)9-11-17)22(27)25-15-6-12-18(13-7-15)32(28,29)26-20-5-3-4-19(23)21(20)24/h3-14,26H,1-2H3,(H,25,27)/t14-/m1/s1. The van der Waals surface area contributed by atoms with Crippen LogP contribution in [0.3, 0.4) is 0 Å². The minimum Gasteiger partial charge on any atom is -0.497 e. The van der Waals surface area contributed by atoms with E-state index in [0.29, 0.717) is 17.2 Å². The molecule has 0 heterocycles. The van der Waals surface area contributed by atoms with Gasteiger partial charge in [0, 0.05) is 5.69 Å². The van der Waals surface area contributed by atoms with Gasteiger partial charge in [-0.2, -0.15) is 0 Å². The Morgan fingerprint density at radius 1 is 0.938 bits per heavy atom. The molecular formula is C22H20Cl2N2O5S. The van der Waals surface area contributed by atoms with Gasteiger partial charge in [0.05, 0.1) is 27.7 Å². The number of carbonyl (C=O) groups excluding carboxylic acids is 1. The van der Waals surface area contributed by atoms with Crippen LogP contribution in [0.5, 0.6) is 11.5 Å². The fraction of sp³-hybridized carbons (Fsp3) is 0.136. The molecule has 0 aliphatic carbocycles. The number of ether oxygens (including phenoxy) is 2. The maximum Gasteiger partial charge on any atom is 0.265 e. The molecule has 1 atom stereocenters. The van der Waals surface area contributed by atoms with Crippen LogP contribution in [-0.4, -0.2) is 27.5 Å². The summed E-state index contributed by atoms with van der Waals surface area (Å²) in [7, 11) is -2.34. The van der Waals surface area contributed by atoms with Crippen molar-refractivity contribution in [3.8, 4) is 11.5 Å². The molecule has 0 fully saturated rings. The Morgan fingerprint density at radius 2 is 1.56 bits per heavy atom. The molecule has 0 saturated heterocycles. The van der Waals surface area contributed by atoms with Gasteiger partial charge in [-0.3, -0.25) is 9.52 Å². The Labute approximate surface area is 196 Å². The van der Waals surface area contributed by atoms with E-state index >= 15 is 0 Å². The molecular weight excluding hydrogens is 475 g/mol. The van der Waals surface area contributed by atoms with Crippen molar-refractivity contribution >= 4 is 50.5 Å². The van der Waals surface area contributed by atoms with Gasteiger partial charge in [0.25, 0.3) is 15.9 Å². The van der Waals surface area contributed by atoms with Crippen LogP contribution in [0.1, 0.15) is 6.92 Å². The molecule has 0 aliphatic heterocycles. The number of amides is 1. The molecule has 0 aromatic heterocycles. The molecule has 7 nitrogen and oxygen atoms in total. The Balaban J connectivity index is 1.64. The highest BCUT2D eigenvalue weighted by Crippen LogP contribution is 2.31. The number of rotatable bonds is 8. The van der Waals surface area contributed by atoms with Gasteiger partial charge in [-0.05, 0) is 67.6 Å². The van der Waals surface area contributed by atoms with Gasteiger partial charge in [-0.25, -0.2) is 8.42 Å². The number of hydrogen-bond donors (Lipinski definition) is 2. The first-order valence-corrected chi connectivity index (χ1v) is 11.6. The lowest BCUT2D eigenvalue weighted by atomic mass is 10.3. The molecule has 0 bridgehead atoms. The molecule has 0 unspecified atom stereocenters. The first kappa shape index (κ1) is 23.7. The summed E-state index contributed by atoms with van der Waals surface area (Å²) in [6.07, 6.45) is -0.779. The van der Waals surface area contributed by atoms with Crippen molar-refractivity contribution < 1.29 is 22.7 Å². The van der Waals surface area contributed by atoms with Crippen LogP contribution in [0, 0.1) is 0 Å². The Bertz CT molecular complexity index is 1200. The van der Waals surface area contributed by atoms with Crippen LogP contribution >= 0.6 is 23.2 Å². The zero-order valence-corrected chi connectivity index (χ0v) is 19.5. The monoisotopic (exact) mass is 494 g/mol. The zero-order chi connectivity index (χ0) is 23.3. The number of halogens is 2. The summed E-state index contributed by atoms with van der Waals surface area (Å²) in [6.45, 7) is 1.61. The average Bonchev–Trinajstić information content (AvgIpc) is 2.77. The second-order valence-electron chi connectivity index (χ2n) is 6.66. The van der Waals surface area contributed by atoms with Crippen molar-refractivity contribution in [3.63, 3.8) is 0 Å². The van der Waals surface area contributed by atoms with Crippen LogP contribution in [-0.2, 0) is 14.8 Å². The fourth-order valence-electron chi connectivity index (χ4n) is 2.66. The minimum atomic E-state index is -3.90. The van der Waals surface area contributed by atoms with E-state index in [9.17, 15) is 13.2 Å². The van der Waals surface area contributed by atoms with Crippen molar-refractivity contribution in [3.05, 3.63) is 76.8 Å². The SMILES string of the molecule is COc1ccc(O[C@H](C)C(=O)Nc2ccc(S(=O)(=O)Nc3cccc(Cl)c3Cl)cc2)cc1. The lowest BCUT2D eigenvalue weighted by molar-refractivity contribution is -0.122. The molecule has 3 aromatic carbocycles. The van der Waals surface area contributed by atoms with E-state index < -0.39 is 16.1 Å². The number of anilines is 2. The van der Waals surface area contributed by atoms with Crippen LogP contribution in [0.2, 0.25) is 10.0 Å². The number of sulfonamides is 1. The summed E-state index contributed by atoms with van der Waals surface area (Å²) in [5.41, 5.74) is 0.584. The quantitative estimate of drug-likeness (QED) is 0.448. The third kappa shape index (κ3) is 5.85. The van der Waals surface area contributed by atoms with E-state index in [2.05, 4.69) is 10.0 Å². The lowest BCUT2D eigenvalue weighted by Crippen LogP contribution is -2.30. The number of carbonyl (C=O) groups is 1. The van der Waals surface area contributed by atoms with Crippen molar-refractivity contribution in [1.29, 1.82) is 0 Å². The highest BCUT2D eigenvalue weighted by atomic mass is 35.5. The molecule has 1 amide bonds. The predicted molar refractivity (Wildman–Crippen MR) is 125 cm³/mol. The van der Waals surface area contributed by atoms with Gasteiger partial charge in [0.15, 0.2) is 6.10 Å². The summed E-state index contributed by atoms with van der Waals surface area (Å²) >= 11 is 12.0. The molecule has 2 N–H and O–H groups in total. The van der Waals surface area contributed by atoms with Gasteiger partial charge < -0.3 is 14.8 Å². The van der Waals surface area contributed by atoms with Gasteiger partial charge in [0.2, 0.25) is 0 Å². The van der Waals surface area contributed by atoms with Crippen LogP contribution in [0.15, 0.2) is 71.6 Å². The molecule has 0 saturated carbocycles. The molecule has 0 spiro atoms. The maximum atomic E-state index is 12.6. The lowest BCUT2D eigenvalue weighted by Gasteiger charge is -2.15. The third-order valence-electron chi connectivity index (χ3n) is 4.37. The molecule has 3 aromatic rings. The summed E-state index contributed by atoms with van der Waals surface area (Å²) in [5.74, 6) is 0.803. The number of methoxy groups -OCH3 is 1. The number of benzene rings is 3. The van der Waals surface area contributed by atoms with E-state index in [0.717, 1.165) is 0 Å². The normalized spacial score (nSPS) is 12.0. The van der Waals surface area contributed by atoms with Crippen molar-refractivity contribution in [2.24, 2.45) is 0 Å². The smallest absolute Gasteiger partial charge is 0.265 e. The Kier molecular flexibility index (Phi) is 7.50. The van der Waals surface area contributed by atoms with Gasteiger partial charge in [0.1, 0.15) is 11.5 Å². The second kappa shape index (κ2) is 10.1. The first-order chi connectivity index (χ1) is 15.2. The summed E-state index contributed by atoms with van der Waals surface area (Å²) in [6, 6.07) is 17.2. The van der Waals surface area contributed by atoms with E-state index in [4.69, 9.17) is 32.7 Å². The minimum absolute atomic E-state index is 0.00549. The topological polar surface area (TPSA) is 93.7 Å². The molecule has 168 valence electrons. The number of hydrogen-bond acceptors (Lipinski definition) is 5. The van der Waals surface area contributed by atoms with Crippen LogP contribution in [0.25, 0.3) is 0 Å². The molecule has 0 aliphatic rings.